The van der Waals surface area contributed by atoms with Crippen LogP contribution < -0.4 is 10.3 Å². The average Bonchev–Trinajstić information content (AvgIpc) is 3.34. The monoisotopic (exact) mass is 548 g/mol. The third-order valence-corrected chi connectivity index (χ3v) is 8.69. The van der Waals surface area contributed by atoms with Crippen molar-refractivity contribution in [3.8, 4) is 22.3 Å². The molecule has 1 saturated carbocycles. The van der Waals surface area contributed by atoms with Gasteiger partial charge in [0.05, 0.1) is 34.8 Å². The molecule has 1 amide bonds. The van der Waals surface area contributed by atoms with Crippen molar-refractivity contribution in [2.75, 3.05) is 23.4 Å². The van der Waals surface area contributed by atoms with Crippen LogP contribution in [-0.4, -0.2) is 30.1 Å². The maximum Gasteiger partial charge on any atom is 0.335 e. The Kier molecular flexibility index (Phi) is 5.54. The van der Waals surface area contributed by atoms with Gasteiger partial charge in [-0.1, -0.05) is 65.4 Å². The molecule has 4 aromatic rings. The predicted octanol–water partition coefficient (Wildman–Crippen LogP) is 7.25. The molecule has 8 heteroatoms. The minimum atomic E-state index is -0.961. The first-order chi connectivity index (χ1) is 19.3. The second kappa shape index (κ2) is 9.03. The zero-order chi connectivity index (χ0) is 27.6. The van der Waals surface area contributed by atoms with Crippen molar-refractivity contribution in [2.45, 2.75) is 24.7 Å². The first-order valence-corrected chi connectivity index (χ1v) is 13.6. The van der Waals surface area contributed by atoms with Crippen LogP contribution in [-0.2, 0) is 10.2 Å². The molecule has 2 N–H and O–H groups in total. The van der Waals surface area contributed by atoms with E-state index in [0.717, 1.165) is 57.8 Å². The van der Waals surface area contributed by atoms with E-state index in [0.29, 0.717) is 17.0 Å². The van der Waals surface area contributed by atoms with Gasteiger partial charge in [0.25, 0.3) is 0 Å². The number of amides is 1. The number of halogens is 1. The fraction of sp³-hybridized carbons (Fsp3) is 0.188. The largest absolute Gasteiger partial charge is 0.478 e. The van der Waals surface area contributed by atoms with Crippen LogP contribution in [0.5, 0.6) is 0 Å². The van der Waals surface area contributed by atoms with Crippen molar-refractivity contribution in [2.24, 2.45) is 10.3 Å². The summed E-state index contributed by atoms with van der Waals surface area (Å²) in [7, 11) is 0. The Morgan fingerprint density at radius 2 is 1.70 bits per heavy atom. The third-order valence-electron chi connectivity index (χ3n) is 8.37. The summed E-state index contributed by atoms with van der Waals surface area (Å²) in [5.74, 6) is -1.11. The Morgan fingerprint density at radius 1 is 1.00 bits per heavy atom. The lowest BCUT2D eigenvalue weighted by Crippen LogP contribution is -2.21. The number of carboxylic acid groups (broad SMARTS) is 1. The van der Waals surface area contributed by atoms with Gasteiger partial charge >= 0.3 is 5.97 Å². The van der Waals surface area contributed by atoms with Crippen LogP contribution in [0.3, 0.4) is 0 Å². The van der Waals surface area contributed by atoms with Gasteiger partial charge in [0.2, 0.25) is 5.91 Å². The lowest BCUT2D eigenvalue weighted by atomic mass is 9.89. The Bertz CT molecular complexity index is 1730. The van der Waals surface area contributed by atoms with E-state index in [-0.39, 0.29) is 17.4 Å². The van der Waals surface area contributed by atoms with E-state index < -0.39 is 11.4 Å². The topological polar surface area (TPSA) is 94.4 Å². The van der Waals surface area contributed by atoms with E-state index >= 15 is 0 Å². The summed E-state index contributed by atoms with van der Waals surface area (Å²) in [6.07, 6.45) is 0.628. The van der Waals surface area contributed by atoms with Crippen molar-refractivity contribution < 1.29 is 14.7 Å². The van der Waals surface area contributed by atoms with Gasteiger partial charge in [-0.3, -0.25) is 4.79 Å². The number of benzene rings is 4. The van der Waals surface area contributed by atoms with Crippen molar-refractivity contribution in [1.29, 1.82) is 0 Å². The van der Waals surface area contributed by atoms with Gasteiger partial charge in [0.15, 0.2) is 0 Å². The lowest BCUT2D eigenvalue weighted by molar-refractivity contribution is -0.118. The van der Waals surface area contributed by atoms with Crippen LogP contribution in [0.15, 0.2) is 89.2 Å². The van der Waals surface area contributed by atoms with Crippen LogP contribution in [0.4, 0.5) is 11.4 Å². The number of carbonyl (C=O) groups excluding carboxylic acids is 1. The van der Waals surface area contributed by atoms with Crippen molar-refractivity contribution in [3.05, 3.63) is 106 Å². The number of carbonyl (C=O) groups is 2. The molecule has 4 aromatic carbocycles. The highest BCUT2D eigenvalue weighted by Gasteiger charge is 2.65. The Morgan fingerprint density at radius 3 is 2.38 bits per heavy atom. The lowest BCUT2D eigenvalue weighted by Gasteiger charge is -2.14. The summed E-state index contributed by atoms with van der Waals surface area (Å²) in [6.45, 7) is 3.30. The summed E-state index contributed by atoms with van der Waals surface area (Å²) in [5, 5.41) is 23.2. The van der Waals surface area contributed by atoms with E-state index in [4.69, 9.17) is 11.6 Å². The second-order valence-electron chi connectivity index (χ2n) is 10.6. The number of hydrogen-bond donors (Lipinski definition) is 2. The van der Waals surface area contributed by atoms with Crippen LogP contribution in [0.1, 0.15) is 39.4 Å². The molecule has 0 aromatic heterocycles. The minimum absolute atomic E-state index is 0.0626. The van der Waals surface area contributed by atoms with E-state index in [1.54, 1.807) is 13.0 Å². The molecule has 2 atom stereocenters. The SMILES string of the molecule is Cc1ccc(C2CC23C(=O)Nc2cc(Cl)c(-c4ccc(-c5ccc(N6CCN=N6)cc5)cc4)cc23)cc1C(=O)O. The molecule has 0 radical (unpaired) electrons. The molecule has 198 valence electrons. The van der Waals surface area contributed by atoms with Crippen LogP contribution in [0.25, 0.3) is 22.3 Å². The molecule has 1 spiro atoms. The molecule has 1 aliphatic carbocycles. The molecule has 0 bridgehead atoms. The highest BCUT2D eigenvalue weighted by Crippen LogP contribution is 2.65. The number of hydrogen-bond acceptors (Lipinski definition) is 5. The molecule has 2 heterocycles. The van der Waals surface area contributed by atoms with Crippen molar-refractivity contribution in [1.82, 2.24) is 0 Å². The summed E-state index contributed by atoms with van der Waals surface area (Å²) in [5.41, 5.74) is 7.78. The van der Waals surface area contributed by atoms with Gasteiger partial charge in [-0.25, -0.2) is 9.80 Å². The number of aryl methyl sites for hydroxylation is 1. The van der Waals surface area contributed by atoms with Crippen molar-refractivity contribution >= 4 is 34.9 Å². The number of nitrogens with one attached hydrogen (secondary N) is 1. The molecule has 3 aliphatic rings. The molecule has 40 heavy (non-hydrogen) atoms. The third kappa shape index (κ3) is 3.80. The molecular weight excluding hydrogens is 524 g/mol. The molecule has 2 unspecified atom stereocenters. The predicted molar refractivity (Wildman–Crippen MR) is 155 cm³/mol. The second-order valence-corrected chi connectivity index (χ2v) is 11.0. The summed E-state index contributed by atoms with van der Waals surface area (Å²) < 4.78 is 0. The van der Waals surface area contributed by atoms with Gasteiger partial charge < -0.3 is 10.4 Å². The van der Waals surface area contributed by atoms with Crippen LogP contribution in [0, 0.1) is 6.92 Å². The molecule has 7 rings (SSSR count). The summed E-state index contributed by atoms with van der Waals surface area (Å²) >= 11 is 6.73. The normalized spacial score (nSPS) is 20.6. The Balaban J connectivity index is 1.19. The fourth-order valence-corrected chi connectivity index (χ4v) is 6.35. The highest BCUT2D eigenvalue weighted by molar-refractivity contribution is 6.34. The fourth-order valence-electron chi connectivity index (χ4n) is 6.08. The molecular formula is C32H25ClN4O3. The standard InChI is InChI=1S/C32H25ClN4O3/c1-18-2-3-22(14-24(18)30(38)39)27-17-32(27)26-15-25(28(33)16-29(26)35-31(32)40)21-6-4-19(5-7-21)20-8-10-23(11-9-20)37-13-12-34-36-37/h2-11,14-16,27H,12-13,17H2,1H3,(H,35,40)(H,38,39). The Hall–Kier alpha value is -4.49. The number of anilines is 2. The van der Waals surface area contributed by atoms with Crippen molar-refractivity contribution in [3.63, 3.8) is 0 Å². The highest BCUT2D eigenvalue weighted by atomic mass is 35.5. The smallest absolute Gasteiger partial charge is 0.335 e. The van der Waals surface area contributed by atoms with E-state index in [1.165, 1.54) is 0 Å². The van der Waals surface area contributed by atoms with E-state index in [9.17, 15) is 14.7 Å². The zero-order valence-corrected chi connectivity index (χ0v) is 22.4. The number of fused-ring (bicyclic) bond motifs is 2. The van der Waals surface area contributed by atoms with E-state index in [2.05, 4.69) is 39.9 Å². The average molecular weight is 549 g/mol. The maximum absolute atomic E-state index is 13.3. The molecule has 2 aliphatic heterocycles. The van der Waals surface area contributed by atoms with Crippen LogP contribution >= 0.6 is 11.6 Å². The summed E-state index contributed by atoms with van der Waals surface area (Å²) in [4.78, 5) is 25.0. The minimum Gasteiger partial charge on any atom is -0.478 e. The van der Waals surface area contributed by atoms with E-state index in [1.807, 2.05) is 53.5 Å². The quantitative estimate of drug-likeness (QED) is 0.275. The Labute approximate surface area is 236 Å². The number of aromatic carboxylic acids is 1. The van der Waals surface area contributed by atoms with Gasteiger partial charge in [0.1, 0.15) is 0 Å². The first-order valence-electron chi connectivity index (χ1n) is 13.2. The molecule has 1 fully saturated rings. The zero-order valence-electron chi connectivity index (χ0n) is 21.7. The van der Waals surface area contributed by atoms with Gasteiger partial charge in [-0.2, -0.15) is 5.11 Å². The number of carboxylic acids is 1. The maximum atomic E-state index is 13.3. The van der Waals surface area contributed by atoms with Gasteiger partial charge in [0, 0.05) is 17.2 Å². The number of nitrogens with zero attached hydrogens (tertiary/aromatic N) is 3. The van der Waals surface area contributed by atoms with Crippen LogP contribution in [0.2, 0.25) is 5.02 Å². The number of rotatable bonds is 5. The van der Waals surface area contributed by atoms with Gasteiger partial charge in [-0.15, -0.1) is 0 Å². The molecule has 7 nitrogen and oxygen atoms in total. The summed E-state index contributed by atoms with van der Waals surface area (Å²) in [6, 6.07) is 25.8. The van der Waals surface area contributed by atoms with Gasteiger partial charge in [-0.05, 0) is 77.1 Å². The first kappa shape index (κ1) is 24.5. The molecule has 0 saturated heterocycles.